The van der Waals surface area contributed by atoms with Gasteiger partial charge in [-0.25, -0.2) is 4.79 Å². The Labute approximate surface area is 184 Å². The van der Waals surface area contributed by atoms with E-state index < -0.39 is 0 Å². The molecule has 0 N–H and O–H groups in total. The lowest BCUT2D eigenvalue weighted by Crippen LogP contribution is -2.41. The van der Waals surface area contributed by atoms with Crippen molar-refractivity contribution in [1.82, 2.24) is 0 Å². The van der Waals surface area contributed by atoms with Crippen LogP contribution in [0, 0.1) is 5.92 Å². The fourth-order valence-electron chi connectivity index (χ4n) is 5.16. The van der Waals surface area contributed by atoms with E-state index in [1.165, 1.54) is 4.88 Å². The third kappa shape index (κ3) is 3.60. The van der Waals surface area contributed by atoms with Crippen LogP contribution in [0.5, 0.6) is 0 Å². The van der Waals surface area contributed by atoms with Crippen LogP contribution in [0.1, 0.15) is 67.0 Å². The van der Waals surface area contributed by atoms with Gasteiger partial charge in [-0.3, -0.25) is 9.79 Å². The van der Waals surface area contributed by atoms with Gasteiger partial charge in [0.1, 0.15) is 11.9 Å². The van der Waals surface area contributed by atoms with Crippen LogP contribution in [0.4, 0.5) is 0 Å². The minimum atomic E-state index is -0.352. The minimum Gasteiger partial charge on any atom is -0.459 e. The first-order valence-electron chi connectivity index (χ1n) is 10.7. The molecule has 3 atom stereocenters. The molecule has 6 heteroatoms. The quantitative estimate of drug-likeness (QED) is 0.560. The predicted molar refractivity (Wildman–Crippen MR) is 120 cm³/mol. The molecule has 0 unspecified atom stereocenters. The summed E-state index contributed by atoms with van der Waals surface area (Å²) in [6, 6.07) is 8.17. The molecule has 5 rings (SSSR count). The van der Waals surface area contributed by atoms with Gasteiger partial charge >= 0.3 is 5.97 Å². The van der Waals surface area contributed by atoms with Crippen molar-refractivity contribution < 1.29 is 14.3 Å². The number of rotatable bonds is 4. The van der Waals surface area contributed by atoms with E-state index in [0.29, 0.717) is 17.7 Å². The van der Waals surface area contributed by atoms with Crippen molar-refractivity contribution in [2.24, 2.45) is 10.9 Å². The highest BCUT2D eigenvalue weighted by Gasteiger charge is 2.46. The fraction of sp³-hybridized carbons (Fsp3) is 0.458. The molecule has 2 aromatic rings. The number of aliphatic imine (C=N–C) groups is 1. The largest absolute Gasteiger partial charge is 0.459 e. The lowest BCUT2D eigenvalue weighted by atomic mass is 9.68. The molecule has 2 fully saturated rings. The predicted octanol–water partition coefficient (Wildman–Crippen LogP) is 5.87. The van der Waals surface area contributed by atoms with Crippen LogP contribution in [0.3, 0.4) is 0 Å². The Bertz CT molecular complexity index is 997. The molecular formula is C24H25NO3S2. The number of carbonyl (C=O) groups excluding carboxylic acids is 2. The standard InChI is InChI=1S/C24H25NO3S2/c1-14-21(24(27)28-16-6-2-3-7-16)23(20-9-5-11-30-20)22-17(25-14)12-15(13-18(22)26)19-8-4-10-29-19/h4-5,8-11,15-16,22-23H,2-3,6-7,12-13H2,1H3/t15-,22-,23-/m0/s1. The number of allylic oxidation sites excluding steroid dienone is 1. The number of ketones is 1. The molecule has 0 radical (unpaired) electrons. The molecule has 1 aliphatic heterocycles. The fourth-order valence-corrected chi connectivity index (χ4v) is 6.87. The Morgan fingerprint density at radius 3 is 2.40 bits per heavy atom. The van der Waals surface area contributed by atoms with Crippen LogP contribution in [0.15, 0.2) is 51.3 Å². The molecule has 0 saturated heterocycles. The lowest BCUT2D eigenvalue weighted by molar-refractivity contribution is -0.144. The van der Waals surface area contributed by atoms with Crippen LogP contribution in [-0.4, -0.2) is 23.6 Å². The number of esters is 1. The molecule has 156 valence electrons. The summed E-state index contributed by atoms with van der Waals surface area (Å²) in [6.45, 7) is 1.90. The number of hydrogen-bond donors (Lipinski definition) is 0. The second kappa shape index (κ2) is 8.23. The van der Waals surface area contributed by atoms with E-state index in [1.807, 2.05) is 30.5 Å². The second-order valence-electron chi connectivity index (χ2n) is 8.47. The molecule has 0 bridgehead atoms. The van der Waals surface area contributed by atoms with Gasteiger partial charge in [0.05, 0.1) is 11.5 Å². The maximum Gasteiger partial charge on any atom is 0.336 e. The number of hydrogen-bond acceptors (Lipinski definition) is 6. The first-order chi connectivity index (χ1) is 14.6. The first-order valence-corrected chi connectivity index (χ1v) is 12.5. The smallest absolute Gasteiger partial charge is 0.336 e. The molecule has 3 aliphatic rings. The molecule has 0 spiro atoms. The highest BCUT2D eigenvalue weighted by Crippen LogP contribution is 2.47. The Morgan fingerprint density at radius 2 is 1.73 bits per heavy atom. The maximum atomic E-state index is 13.4. The van der Waals surface area contributed by atoms with E-state index in [9.17, 15) is 9.59 Å². The van der Waals surface area contributed by atoms with Crippen molar-refractivity contribution >= 4 is 40.1 Å². The first kappa shape index (κ1) is 19.9. The van der Waals surface area contributed by atoms with Gasteiger partial charge in [-0.2, -0.15) is 0 Å². The van der Waals surface area contributed by atoms with E-state index in [2.05, 4.69) is 11.4 Å². The van der Waals surface area contributed by atoms with Crippen LogP contribution < -0.4 is 0 Å². The molecule has 4 nitrogen and oxygen atoms in total. The van der Waals surface area contributed by atoms with Gasteiger partial charge in [-0.15, -0.1) is 22.7 Å². The molecule has 2 aromatic heterocycles. The number of thiophene rings is 2. The van der Waals surface area contributed by atoms with Crippen molar-refractivity contribution in [1.29, 1.82) is 0 Å². The Kier molecular flexibility index (Phi) is 5.46. The summed E-state index contributed by atoms with van der Waals surface area (Å²) in [4.78, 5) is 33.8. The number of fused-ring (bicyclic) bond motifs is 1. The number of nitrogens with zero attached hydrogens (tertiary/aromatic N) is 1. The van der Waals surface area contributed by atoms with Crippen molar-refractivity contribution in [3.63, 3.8) is 0 Å². The minimum absolute atomic E-state index is 0.00238. The van der Waals surface area contributed by atoms with Gasteiger partial charge in [0.2, 0.25) is 0 Å². The van der Waals surface area contributed by atoms with Crippen LogP contribution in [0.2, 0.25) is 0 Å². The summed E-state index contributed by atoms with van der Waals surface area (Å²) in [5.74, 6) is -0.529. The normalized spacial score (nSPS) is 27.2. The monoisotopic (exact) mass is 439 g/mol. The Hall–Kier alpha value is -2.05. The highest BCUT2D eigenvalue weighted by atomic mass is 32.1. The van der Waals surface area contributed by atoms with E-state index in [4.69, 9.17) is 9.73 Å². The van der Waals surface area contributed by atoms with E-state index >= 15 is 0 Å². The molecule has 0 amide bonds. The van der Waals surface area contributed by atoms with Gasteiger partial charge in [-0.05, 0) is 61.9 Å². The van der Waals surface area contributed by atoms with Gasteiger partial charge in [0.25, 0.3) is 0 Å². The van der Waals surface area contributed by atoms with E-state index in [1.54, 1.807) is 22.7 Å². The molecule has 2 aliphatic carbocycles. The van der Waals surface area contributed by atoms with Gasteiger partial charge < -0.3 is 4.74 Å². The topological polar surface area (TPSA) is 55.7 Å². The molecule has 2 saturated carbocycles. The summed E-state index contributed by atoms with van der Waals surface area (Å²) in [7, 11) is 0. The van der Waals surface area contributed by atoms with Crippen LogP contribution in [-0.2, 0) is 14.3 Å². The Balaban J connectivity index is 1.52. The summed E-state index contributed by atoms with van der Waals surface area (Å²) in [5.41, 5.74) is 2.22. The third-order valence-electron chi connectivity index (χ3n) is 6.55. The average Bonchev–Trinajstić information content (AvgIpc) is 3.49. The SMILES string of the molecule is CC1=C(C(=O)OC2CCCC2)[C@H](c2cccs2)[C@@H]2C(=O)C[C@@H](c3cccs3)CC2=N1. The van der Waals surface area contributed by atoms with Crippen LogP contribution in [0.25, 0.3) is 0 Å². The van der Waals surface area contributed by atoms with E-state index in [-0.39, 0.29) is 35.6 Å². The van der Waals surface area contributed by atoms with Crippen molar-refractivity contribution in [3.8, 4) is 0 Å². The highest BCUT2D eigenvalue weighted by molar-refractivity contribution is 7.10. The van der Waals surface area contributed by atoms with Crippen LogP contribution >= 0.6 is 22.7 Å². The molecule has 3 heterocycles. The van der Waals surface area contributed by atoms with Crippen molar-refractivity contribution in [2.45, 2.75) is 63.4 Å². The summed E-state index contributed by atoms with van der Waals surface area (Å²) in [5, 5.41) is 4.07. The lowest BCUT2D eigenvalue weighted by Gasteiger charge is -2.37. The summed E-state index contributed by atoms with van der Waals surface area (Å²) in [6.07, 6.45) is 5.37. The zero-order chi connectivity index (χ0) is 20.7. The number of ether oxygens (including phenoxy) is 1. The van der Waals surface area contributed by atoms with Crippen molar-refractivity contribution in [3.05, 3.63) is 56.1 Å². The van der Waals surface area contributed by atoms with Gasteiger partial charge in [0, 0.05) is 39.4 Å². The van der Waals surface area contributed by atoms with Crippen molar-refractivity contribution in [2.75, 3.05) is 0 Å². The summed E-state index contributed by atoms with van der Waals surface area (Å²) >= 11 is 3.31. The maximum absolute atomic E-state index is 13.4. The van der Waals surface area contributed by atoms with Gasteiger partial charge in [0.15, 0.2) is 0 Å². The zero-order valence-electron chi connectivity index (χ0n) is 17.0. The molecular weight excluding hydrogens is 414 g/mol. The zero-order valence-corrected chi connectivity index (χ0v) is 18.6. The average molecular weight is 440 g/mol. The number of carbonyl (C=O) groups is 2. The summed E-state index contributed by atoms with van der Waals surface area (Å²) < 4.78 is 5.87. The van der Waals surface area contributed by atoms with Gasteiger partial charge in [-0.1, -0.05) is 12.1 Å². The second-order valence-corrected chi connectivity index (χ2v) is 10.4. The van der Waals surface area contributed by atoms with E-state index in [0.717, 1.165) is 42.7 Å². The Morgan fingerprint density at radius 1 is 1.03 bits per heavy atom. The molecule has 0 aromatic carbocycles. The third-order valence-corrected chi connectivity index (χ3v) is 8.54. The number of Topliss-reactive ketones (excluding diaryl/α,β-unsaturated/α-hetero) is 1. The molecule has 30 heavy (non-hydrogen) atoms.